The Morgan fingerprint density at radius 3 is 2.55 bits per heavy atom. The molecule has 108 valence electrons. The molecule has 2 rings (SSSR count). The monoisotopic (exact) mass is 271 g/mol. The number of hydrogen-bond acceptors (Lipinski definition) is 2. The molecular weight excluding hydrogens is 246 g/mol. The van der Waals surface area contributed by atoms with Crippen LogP contribution in [0.1, 0.15) is 32.8 Å². The summed E-state index contributed by atoms with van der Waals surface area (Å²) in [4.78, 5) is 0. The summed E-state index contributed by atoms with van der Waals surface area (Å²) < 4.78 is 6.00. The standard InChI is InChI=1S/C18H25NO/c1-4-15(19)11-17-16-8-6-5-7-14(16)9-10-18(17)20-12-13(2)3/h5-10,13,15H,4,11-12,19H2,1-3H3. The van der Waals surface area contributed by atoms with Crippen molar-refractivity contribution in [3.05, 3.63) is 42.0 Å². The Morgan fingerprint density at radius 1 is 1.10 bits per heavy atom. The minimum Gasteiger partial charge on any atom is -0.493 e. The molecule has 0 spiro atoms. The molecule has 0 heterocycles. The summed E-state index contributed by atoms with van der Waals surface area (Å²) in [5, 5.41) is 2.51. The van der Waals surface area contributed by atoms with Gasteiger partial charge in [0.15, 0.2) is 0 Å². The number of benzene rings is 2. The third-order valence-corrected chi connectivity index (χ3v) is 3.56. The van der Waals surface area contributed by atoms with Crippen LogP contribution in [-0.4, -0.2) is 12.6 Å². The second-order valence-corrected chi connectivity index (χ2v) is 5.84. The Morgan fingerprint density at radius 2 is 1.85 bits per heavy atom. The van der Waals surface area contributed by atoms with E-state index in [4.69, 9.17) is 10.5 Å². The smallest absolute Gasteiger partial charge is 0.123 e. The molecule has 0 amide bonds. The van der Waals surface area contributed by atoms with E-state index in [9.17, 15) is 0 Å². The number of hydrogen-bond donors (Lipinski definition) is 1. The zero-order valence-electron chi connectivity index (χ0n) is 12.7. The van der Waals surface area contributed by atoms with Gasteiger partial charge in [-0.25, -0.2) is 0 Å². The van der Waals surface area contributed by atoms with Crippen LogP contribution in [0.25, 0.3) is 10.8 Å². The van der Waals surface area contributed by atoms with Crippen molar-refractivity contribution in [2.45, 2.75) is 39.7 Å². The van der Waals surface area contributed by atoms with Crippen LogP contribution in [-0.2, 0) is 6.42 Å². The molecular formula is C18H25NO. The first-order chi connectivity index (χ1) is 9.61. The number of ether oxygens (including phenoxy) is 1. The van der Waals surface area contributed by atoms with Gasteiger partial charge >= 0.3 is 0 Å². The third-order valence-electron chi connectivity index (χ3n) is 3.56. The second-order valence-electron chi connectivity index (χ2n) is 5.84. The van der Waals surface area contributed by atoms with E-state index in [0.717, 1.165) is 25.2 Å². The Labute approximate surface area is 121 Å². The maximum atomic E-state index is 6.17. The van der Waals surface area contributed by atoms with Gasteiger partial charge in [0.2, 0.25) is 0 Å². The van der Waals surface area contributed by atoms with Crippen LogP contribution in [0.15, 0.2) is 36.4 Å². The van der Waals surface area contributed by atoms with Gasteiger partial charge in [0, 0.05) is 11.6 Å². The molecule has 0 aliphatic rings. The average Bonchev–Trinajstić information content (AvgIpc) is 2.46. The zero-order valence-corrected chi connectivity index (χ0v) is 12.7. The second kappa shape index (κ2) is 6.76. The zero-order chi connectivity index (χ0) is 14.5. The van der Waals surface area contributed by atoms with E-state index < -0.39 is 0 Å². The van der Waals surface area contributed by atoms with E-state index >= 15 is 0 Å². The molecule has 0 radical (unpaired) electrons. The van der Waals surface area contributed by atoms with Gasteiger partial charge < -0.3 is 10.5 Å². The molecule has 2 aromatic rings. The highest BCUT2D eigenvalue weighted by atomic mass is 16.5. The van der Waals surface area contributed by atoms with Gasteiger partial charge in [0.05, 0.1) is 6.61 Å². The van der Waals surface area contributed by atoms with Gasteiger partial charge in [-0.05, 0) is 35.6 Å². The predicted molar refractivity (Wildman–Crippen MR) is 86.3 cm³/mol. The van der Waals surface area contributed by atoms with Gasteiger partial charge in [0.1, 0.15) is 5.75 Å². The van der Waals surface area contributed by atoms with E-state index in [2.05, 4.69) is 57.2 Å². The first-order valence-electron chi connectivity index (χ1n) is 7.50. The summed E-state index contributed by atoms with van der Waals surface area (Å²) in [6.45, 7) is 7.20. The summed E-state index contributed by atoms with van der Waals surface area (Å²) >= 11 is 0. The molecule has 0 fully saturated rings. The van der Waals surface area contributed by atoms with Gasteiger partial charge in [-0.3, -0.25) is 0 Å². The summed E-state index contributed by atoms with van der Waals surface area (Å²) in [5.74, 6) is 1.51. The lowest BCUT2D eigenvalue weighted by molar-refractivity contribution is 0.268. The Hall–Kier alpha value is -1.54. The lowest BCUT2D eigenvalue weighted by Gasteiger charge is -2.18. The Balaban J connectivity index is 2.41. The van der Waals surface area contributed by atoms with Crippen LogP contribution in [0.5, 0.6) is 5.75 Å². The topological polar surface area (TPSA) is 35.2 Å². The van der Waals surface area contributed by atoms with Crippen LogP contribution in [0.3, 0.4) is 0 Å². The first kappa shape index (κ1) is 14.9. The minimum absolute atomic E-state index is 0.183. The average molecular weight is 271 g/mol. The first-order valence-corrected chi connectivity index (χ1v) is 7.50. The molecule has 2 aromatic carbocycles. The van der Waals surface area contributed by atoms with Gasteiger partial charge in [0.25, 0.3) is 0 Å². The van der Waals surface area contributed by atoms with Crippen LogP contribution in [0.2, 0.25) is 0 Å². The molecule has 0 aliphatic carbocycles. The molecule has 0 aliphatic heterocycles. The molecule has 2 N–H and O–H groups in total. The summed E-state index contributed by atoms with van der Waals surface area (Å²) in [6.07, 6.45) is 1.85. The van der Waals surface area contributed by atoms with Crippen LogP contribution >= 0.6 is 0 Å². The van der Waals surface area contributed by atoms with Crippen molar-refractivity contribution in [2.24, 2.45) is 11.7 Å². The molecule has 0 saturated carbocycles. The fourth-order valence-corrected chi connectivity index (χ4v) is 2.32. The maximum absolute atomic E-state index is 6.17. The third kappa shape index (κ3) is 3.51. The molecule has 0 saturated heterocycles. The Bertz CT molecular complexity index is 562. The van der Waals surface area contributed by atoms with Crippen molar-refractivity contribution >= 4 is 10.8 Å². The predicted octanol–water partition coefficient (Wildman–Crippen LogP) is 4.15. The van der Waals surface area contributed by atoms with Gasteiger partial charge in [-0.15, -0.1) is 0 Å². The molecule has 1 unspecified atom stereocenters. The number of fused-ring (bicyclic) bond motifs is 1. The maximum Gasteiger partial charge on any atom is 0.123 e. The van der Waals surface area contributed by atoms with Crippen LogP contribution in [0.4, 0.5) is 0 Å². The van der Waals surface area contributed by atoms with E-state index in [1.54, 1.807) is 0 Å². The summed E-state index contributed by atoms with van der Waals surface area (Å²) in [7, 11) is 0. The highest BCUT2D eigenvalue weighted by Gasteiger charge is 2.12. The largest absolute Gasteiger partial charge is 0.493 e. The van der Waals surface area contributed by atoms with Crippen LogP contribution < -0.4 is 10.5 Å². The van der Waals surface area contributed by atoms with Crippen molar-refractivity contribution in [1.29, 1.82) is 0 Å². The van der Waals surface area contributed by atoms with Crippen molar-refractivity contribution in [3.8, 4) is 5.75 Å². The summed E-state index contributed by atoms with van der Waals surface area (Å²) in [6, 6.07) is 12.9. The van der Waals surface area contributed by atoms with E-state index in [1.165, 1.54) is 16.3 Å². The molecule has 1 atom stereocenters. The lowest BCUT2D eigenvalue weighted by atomic mass is 9.97. The van der Waals surface area contributed by atoms with Crippen molar-refractivity contribution in [2.75, 3.05) is 6.61 Å². The molecule has 0 bridgehead atoms. The van der Waals surface area contributed by atoms with Crippen molar-refractivity contribution in [1.82, 2.24) is 0 Å². The highest BCUT2D eigenvalue weighted by molar-refractivity contribution is 5.87. The molecule has 2 nitrogen and oxygen atoms in total. The normalized spacial score (nSPS) is 12.8. The van der Waals surface area contributed by atoms with Crippen LogP contribution in [0, 0.1) is 5.92 Å². The van der Waals surface area contributed by atoms with Gasteiger partial charge in [-0.1, -0.05) is 51.1 Å². The highest BCUT2D eigenvalue weighted by Crippen LogP contribution is 2.29. The summed E-state index contributed by atoms with van der Waals surface area (Å²) in [5.41, 5.74) is 7.41. The fraction of sp³-hybridized carbons (Fsp3) is 0.444. The SMILES string of the molecule is CCC(N)Cc1c(OCC(C)C)ccc2ccccc12. The van der Waals surface area contributed by atoms with Gasteiger partial charge in [-0.2, -0.15) is 0 Å². The van der Waals surface area contributed by atoms with E-state index in [1.807, 2.05) is 0 Å². The quantitative estimate of drug-likeness (QED) is 0.856. The van der Waals surface area contributed by atoms with E-state index in [0.29, 0.717) is 5.92 Å². The molecule has 20 heavy (non-hydrogen) atoms. The Kier molecular flexibility index (Phi) is 5.02. The minimum atomic E-state index is 0.183. The van der Waals surface area contributed by atoms with Crippen molar-refractivity contribution < 1.29 is 4.74 Å². The molecule has 2 heteroatoms. The lowest BCUT2D eigenvalue weighted by Crippen LogP contribution is -2.22. The number of rotatable bonds is 6. The fourth-order valence-electron chi connectivity index (χ4n) is 2.32. The van der Waals surface area contributed by atoms with Crippen molar-refractivity contribution in [3.63, 3.8) is 0 Å². The van der Waals surface area contributed by atoms with E-state index in [-0.39, 0.29) is 6.04 Å². The molecule has 0 aromatic heterocycles. The number of nitrogens with two attached hydrogens (primary N) is 1.